The van der Waals surface area contributed by atoms with Crippen molar-refractivity contribution in [2.24, 2.45) is 11.8 Å². The molecule has 0 bridgehead atoms. The van der Waals surface area contributed by atoms with Crippen LogP contribution in [-0.2, 0) is 11.2 Å². The Bertz CT molecular complexity index is 433. The lowest BCUT2D eigenvalue weighted by Gasteiger charge is -2.10. The van der Waals surface area contributed by atoms with Crippen LogP contribution in [0.3, 0.4) is 0 Å². The molecule has 0 aromatic heterocycles. The zero-order chi connectivity index (χ0) is 12.4. The average molecular weight is 257 g/mol. The van der Waals surface area contributed by atoms with Gasteiger partial charge in [-0.3, -0.25) is 4.79 Å². The third-order valence-electron chi connectivity index (χ3n) is 3.40. The second-order valence-corrected chi connectivity index (χ2v) is 5.07. The minimum Gasteiger partial charge on any atom is -0.481 e. The van der Waals surface area contributed by atoms with Crippen LogP contribution < -0.4 is 0 Å². The predicted molar refractivity (Wildman–Crippen MR) is 63.6 cm³/mol. The van der Waals surface area contributed by atoms with E-state index in [1.807, 2.05) is 0 Å². The number of carboxylic acids is 1. The number of rotatable bonds is 3. The van der Waals surface area contributed by atoms with E-state index in [-0.39, 0.29) is 10.9 Å². The molecule has 1 fully saturated rings. The number of carbonyl (C=O) groups is 1. The fourth-order valence-electron chi connectivity index (χ4n) is 2.48. The Kier molecular flexibility index (Phi) is 3.67. The van der Waals surface area contributed by atoms with E-state index in [0.29, 0.717) is 12.3 Å². The second-order valence-electron chi connectivity index (χ2n) is 4.67. The van der Waals surface area contributed by atoms with Crippen molar-refractivity contribution in [1.82, 2.24) is 0 Å². The summed E-state index contributed by atoms with van der Waals surface area (Å²) in [5, 5.41) is 9.04. The molecule has 0 saturated heterocycles. The molecule has 0 heterocycles. The van der Waals surface area contributed by atoms with Gasteiger partial charge in [0.15, 0.2) is 0 Å². The molecule has 1 aliphatic carbocycles. The largest absolute Gasteiger partial charge is 0.481 e. The fraction of sp³-hybridized carbons (Fsp3) is 0.462. The highest BCUT2D eigenvalue weighted by molar-refractivity contribution is 6.30. The van der Waals surface area contributed by atoms with Crippen molar-refractivity contribution < 1.29 is 14.3 Å². The van der Waals surface area contributed by atoms with Crippen molar-refractivity contribution in [2.75, 3.05) is 0 Å². The number of benzene rings is 1. The first-order valence-corrected chi connectivity index (χ1v) is 6.11. The summed E-state index contributed by atoms with van der Waals surface area (Å²) in [6.07, 6.45) is 3.16. The maximum absolute atomic E-state index is 13.0. The first-order chi connectivity index (χ1) is 8.06. The van der Waals surface area contributed by atoms with Crippen LogP contribution in [0.5, 0.6) is 0 Å². The van der Waals surface area contributed by atoms with Crippen LogP contribution in [0.2, 0.25) is 5.02 Å². The molecule has 2 nitrogen and oxygen atoms in total. The summed E-state index contributed by atoms with van der Waals surface area (Å²) >= 11 is 5.71. The van der Waals surface area contributed by atoms with Crippen LogP contribution >= 0.6 is 11.6 Å². The quantitative estimate of drug-likeness (QED) is 0.898. The average Bonchev–Trinajstić information content (AvgIpc) is 2.72. The van der Waals surface area contributed by atoms with Crippen LogP contribution in [0.15, 0.2) is 18.2 Å². The van der Waals surface area contributed by atoms with Crippen LogP contribution in [0, 0.1) is 17.7 Å². The highest BCUT2D eigenvalue weighted by atomic mass is 35.5. The molecule has 2 atom stereocenters. The summed E-state index contributed by atoms with van der Waals surface area (Å²) in [5.41, 5.74) is 0.979. The molecule has 17 heavy (non-hydrogen) atoms. The van der Waals surface area contributed by atoms with E-state index in [1.54, 1.807) is 12.1 Å². The molecule has 92 valence electrons. The molecule has 0 amide bonds. The summed E-state index contributed by atoms with van der Waals surface area (Å²) in [7, 11) is 0. The van der Waals surface area contributed by atoms with Crippen molar-refractivity contribution in [3.63, 3.8) is 0 Å². The number of aliphatic carboxylic acids is 1. The molecule has 1 aromatic carbocycles. The normalized spacial score (nSPS) is 23.9. The standard InChI is InChI=1S/C13H14ClFO2/c14-11-7-9(2-4-12(11)15)5-8-1-3-10(6-8)13(16)17/h2,4,7-8,10H,1,3,5-6H2,(H,16,17)/t8-,10+/m0/s1. The Labute approximate surface area is 104 Å². The molecule has 0 aliphatic heterocycles. The van der Waals surface area contributed by atoms with Gasteiger partial charge in [0.2, 0.25) is 0 Å². The number of hydrogen-bond donors (Lipinski definition) is 1. The van der Waals surface area contributed by atoms with Crippen LogP contribution in [-0.4, -0.2) is 11.1 Å². The molecule has 0 radical (unpaired) electrons. The zero-order valence-electron chi connectivity index (χ0n) is 9.33. The van der Waals surface area contributed by atoms with E-state index in [4.69, 9.17) is 16.7 Å². The van der Waals surface area contributed by atoms with Crippen molar-refractivity contribution in [3.8, 4) is 0 Å². The van der Waals surface area contributed by atoms with Gasteiger partial charge in [0, 0.05) is 0 Å². The highest BCUT2D eigenvalue weighted by Crippen LogP contribution is 2.33. The van der Waals surface area contributed by atoms with E-state index < -0.39 is 11.8 Å². The molecular formula is C13H14ClFO2. The number of carboxylic acid groups (broad SMARTS) is 1. The Morgan fingerprint density at radius 3 is 2.82 bits per heavy atom. The monoisotopic (exact) mass is 256 g/mol. The Hall–Kier alpha value is -1.09. The van der Waals surface area contributed by atoms with Crippen LogP contribution in [0.4, 0.5) is 4.39 Å². The minimum absolute atomic E-state index is 0.135. The predicted octanol–water partition coefficient (Wildman–Crippen LogP) is 3.52. The first kappa shape index (κ1) is 12.4. The van der Waals surface area contributed by atoms with Crippen LogP contribution in [0.25, 0.3) is 0 Å². The maximum atomic E-state index is 13.0. The van der Waals surface area contributed by atoms with Crippen molar-refractivity contribution >= 4 is 17.6 Å². The Balaban J connectivity index is 1.98. The van der Waals surface area contributed by atoms with Gasteiger partial charge < -0.3 is 5.11 Å². The van der Waals surface area contributed by atoms with E-state index in [1.165, 1.54) is 6.07 Å². The van der Waals surface area contributed by atoms with Crippen molar-refractivity contribution in [1.29, 1.82) is 0 Å². The van der Waals surface area contributed by atoms with Gasteiger partial charge in [0.25, 0.3) is 0 Å². The maximum Gasteiger partial charge on any atom is 0.306 e. The Morgan fingerprint density at radius 1 is 1.47 bits per heavy atom. The molecule has 1 N–H and O–H groups in total. The lowest BCUT2D eigenvalue weighted by atomic mass is 9.97. The van der Waals surface area contributed by atoms with Crippen molar-refractivity contribution in [2.45, 2.75) is 25.7 Å². The van der Waals surface area contributed by atoms with Gasteiger partial charge in [-0.05, 0) is 49.3 Å². The fourth-order valence-corrected chi connectivity index (χ4v) is 2.69. The molecule has 1 aliphatic rings. The van der Waals surface area contributed by atoms with E-state index in [2.05, 4.69) is 0 Å². The molecule has 0 spiro atoms. The molecule has 1 saturated carbocycles. The van der Waals surface area contributed by atoms with Gasteiger partial charge in [0.1, 0.15) is 5.82 Å². The summed E-state index contributed by atoms with van der Waals surface area (Å²) in [4.78, 5) is 10.8. The van der Waals surface area contributed by atoms with Gasteiger partial charge in [-0.1, -0.05) is 17.7 Å². The summed E-state index contributed by atoms with van der Waals surface area (Å²) < 4.78 is 13.0. The number of hydrogen-bond acceptors (Lipinski definition) is 1. The van der Waals surface area contributed by atoms with Crippen molar-refractivity contribution in [3.05, 3.63) is 34.6 Å². The zero-order valence-corrected chi connectivity index (χ0v) is 10.1. The lowest BCUT2D eigenvalue weighted by molar-refractivity contribution is -0.141. The molecule has 1 aromatic rings. The first-order valence-electron chi connectivity index (χ1n) is 5.73. The van der Waals surface area contributed by atoms with Crippen LogP contribution in [0.1, 0.15) is 24.8 Å². The third kappa shape index (κ3) is 2.97. The third-order valence-corrected chi connectivity index (χ3v) is 3.69. The summed E-state index contributed by atoms with van der Waals surface area (Å²) in [5.74, 6) is -0.955. The summed E-state index contributed by atoms with van der Waals surface area (Å²) in [6.45, 7) is 0. The van der Waals surface area contributed by atoms with E-state index in [9.17, 15) is 9.18 Å². The minimum atomic E-state index is -0.704. The Morgan fingerprint density at radius 2 is 2.24 bits per heavy atom. The van der Waals surface area contributed by atoms with Gasteiger partial charge in [-0.15, -0.1) is 0 Å². The lowest BCUT2D eigenvalue weighted by Crippen LogP contribution is -2.10. The van der Waals surface area contributed by atoms with E-state index >= 15 is 0 Å². The molecule has 2 rings (SSSR count). The van der Waals surface area contributed by atoms with Gasteiger partial charge in [-0.2, -0.15) is 0 Å². The van der Waals surface area contributed by atoms with Gasteiger partial charge in [-0.25, -0.2) is 4.39 Å². The molecule has 0 unspecified atom stereocenters. The smallest absolute Gasteiger partial charge is 0.306 e. The van der Waals surface area contributed by atoms with Gasteiger partial charge in [0.05, 0.1) is 10.9 Å². The molecular weight excluding hydrogens is 243 g/mol. The van der Waals surface area contributed by atoms with Gasteiger partial charge >= 0.3 is 5.97 Å². The number of halogens is 2. The van der Waals surface area contributed by atoms with E-state index in [0.717, 1.165) is 24.8 Å². The SMILES string of the molecule is O=C(O)[C@@H]1CC[C@@H](Cc2ccc(F)c(Cl)c2)C1. The summed E-state index contributed by atoms with van der Waals surface area (Å²) in [6, 6.07) is 4.71. The highest BCUT2D eigenvalue weighted by Gasteiger charge is 2.29. The second kappa shape index (κ2) is 5.05. The topological polar surface area (TPSA) is 37.3 Å². The molecule has 4 heteroatoms.